The lowest BCUT2D eigenvalue weighted by Crippen LogP contribution is -2.74. The number of carbonyl (C=O) groups excluding carboxylic acids is 1. The fraction of sp³-hybridized carbons (Fsp3) is 0.575. The summed E-state index contributed by atoms with van der Waals surface area (Å²) in [6, 6.07) is 11.6. The molecule has 0 aliphatic heterocycles. The van der Waals surface area contributed by atoms with Crippen LogP contribution in [0.15, 0.2) is 73.8 Å². The minimum absolute atomic E-state index is 0.0214. The van der Waals surface area contributed by atoms with E-state index in [0.717, 1.165) is 0 Å². The number of nitrogens with one attached hydrogen (secondary N) is 2. The number of amides is 1. The molecule has 0 radical (unpaired) electrons. The van der Waals surface area contributed by atoms with Crippen molar-refractivity contribution in [2.45, 2.75) is 131 Å². The summed E-state index contributed by atoms with van der Waals surface area (Å²) in [6.45, 7) is 12.5. The van der Waals surface area contributed by atoms with Gasteiger partial charge < -0.3 is 24.5 Å². The molecule has 2 aromatic rings. The summed E-state index contributed by atoms with van der Waals surface area (Å²) in [5.41, 5.74) is 0.143. The van der Waals surface area contributed by atoms with Crippen LogP contribution < -0.4 is 15.4 Å². The Bertz CT molecular complexity index is 1850. The summed E-state index contributed by atoms with van der Waals surface area (Å²) in [4.78, 5) is 12.4. The number of rotatable bonds is 26. The van der Waals surface area contributed by atoms with Crippen LogP contribution in [0.25, 0.3) is 0 Å². The third-order valence-electron chi connectivity index (χ3n) is 10.3. The Hall–Kier alpha value is -4.06. The van der Waals surface area contributed by atoms with Crippen LogP contribution in [-0.2, 0) is 28.9 Å². The molecule has 0 fully saturated rings. The zero-order valence-electron chi connectivity index (χ0n) is 34.6. The summed E-state index contributed by atoms with van der Waals surface area (Å²) < 4.78 is 254. The molecule has 6 nitrogen and oxygen atoms in total. The minimum Gasteiger partial charge on any atom is -0.489 e. The Balaban J connectivity index is 2.22. The van der Waals surface area contributed by atoms with Crippen LogP contribution in [0.4, 0.5) is 79.4 Å². The summed E-state index contributed by atoms with van der Waals surface area (Å²) in [7, 11) is -4.00. The molecule has 64 heavy (non-hydrogen) atoms. The number of hydrogen-bond donors (Lipinski definition) is 2. The van der Waals surface area contributed by atoms with Gasteiger partial charge in [0.2, 0.25) is 0 Å². The summed E-state index contributed by atoms with van der Waals surface area (Å²) in [5.74, 6) is -56.2. The Morgan fingerprint density at radius 1 is 0.688 bits per heavy atom. The van der Waals surface area contributed by atoms with E-state index >= 15 is 8.78 Å². The van der Waals surface area contributed by atoms with E-state index in [0.29, 0.717) is 22.4 Å². The average molecular weight is 971 g/mol. The maximum absolute atomic E-state index is 15.1. The highest BCUT2D eigenvalue weighted by Gasteiger charge is 2.95. The second kappa shape index (κ2) is 21.1. The van der Waals surface area contributed by atoms with Gasteiger partial charge in [-0.05, 0) is 40.7 Å². The second-order valence-corrected chi connectivity index (χ2v) is 20.3. The lowest BCUT2D eigenvalue weighted by Gasteiger charge is -2.44. The third-order valence-corrected chi connectivity index (χ3v) is 15.9. The molecule has 0 unspecified atom stereocenters. The largest absolute Gasteiger partial charge is 0.489 e. The maximum atomic E-state index is 15.1. The van der Waals surface area contributed by atoms with Crippen LogP contribution in [0.2, 0.25) is 17.1 Å². The standard InChI is InChI=1S/C40H47F17N2O4Si/c1-7-12-30(58-21-27-13-11-14-28(20-27)22-59-32(60)62-23-29-15-9-10-16-31(29)61-18-8-2)24-63-64(25(3)4,26(5)6)19-17-33(41,42)34(43,44)35(45,46)36(47,48)37(49,50)38(51,52)39(53,54)40(55,56)57/h7-11,13-16,20,25-26,30,58H,1-2,12,17-19,21-24H2,3-6H3,(H,59,60)/t30-/m1/s1. The topological polar surface area (TPSA) is 68.8 Å². The zero-order chi connectivity index (χ0) is 49.4. The molecular weight excluding hydrogens is 924 g/mol. The average Bonchev–Trinajstić information content (AvgIpc) is 3.19. The van der Waals surface area contributed by atoms with Crippen LogP contribution in [0.5, 0.6) is 5.75 Å². The number of hydrogen-bond acceptors (Lipinski definition) is 5. The van der Waals surface area contributed by atoms with Gasteiger partial charge in [0.25, 0.3) is 0 Å². The van der Waals surface area contributed by atoms with Gasteiger partial charge in [0.15, 0.2) is 8.32 Å². The molecule has 0 saturated heterocycles. The summed E-state index contributed by atoms with van der Waals surface area (Å²) >= 11 is 0. The normalized spacial score (nSPS) is 14.4. The Labute approximate surface area is 358 Å². The SMILES string of the molecule is C=CCOc1ccccc1COC(=O)NCc1cccc(CN[C@H](CC=C)CO[Si](CCC(F)(F)C(F)(F)C(F)(F)C(F)(F)C(F)(F)C(F)(F)C(F)(F)C(F)(F)F)(C(C)C)C(C)C)c1. The predicted octanol–water partition coefficient (Wildman–Crippen LogP) is 12.9. The van der Waals surface area contributed by atoms with Crippen LogP contribution in [0, 0.1) is 0 Å². The highest BCUT2D eigenvalue weighted by Crippen LogP contribution is 2.64. The number of para-hydroxylation sites is 1. The van der Waals surface area contributed by atoms with Crippen molar-refractivity contribution >= 4 is 14.4 Å². The van der Waals surface area contributed by atoms with E-state index in [4.69, 9.17) is 13.9 Å². The smallest absolute Gasteiger partial charge is 0.460 e. The molecule has 2 N–H and O–H groups in total. The molecular formula is C40H47F17N2O4Si. The van der Waals surface area contributed by atoms with Gasteiger partial charge >= 0.3 is 53.7 Å². The molecule has 1 amide bonds. The second-order valence-electron chi connectivity index (χ2n) is 15.3. The van der Waals surface area contributed by atoms with Gasteiger partial charge in [0.1, 0.15) is 19.0 Å². The lowest BCUT2D eigenvalue weighted by atomic mass is 9.88. The van der Waals surface area contributed by atoms with E-state index in [1.807, 2.05) is 0 Å². The van der Waals surface area contributed by atoms with Crippen molar-refractivity contribution in [3.63, 3.8) is 0 Å². The highest BCUT2D eigenvalue weighted by atomic mass is 28.4. The molecule has 24 heteroatoms. The van der Waals surface area contributed by atoms with Gasteiger partial charge in [-0.25, -0.2) is 4.79 Å². The van der Waals surface area contributed by atoms with E-state index in [-0.39, 0.29) is 32.7 Å². The van der Waals surface area contributed by atoms with Crippen molar-refractivity contribution in [2.24, 2.45) is 0 Å². The maximum Gasteiger partial charge on any atom is 0.460 e. The van der Waals surface area contributed by atoms with Crippen molar-refractivity contribution in [3.8, 4) is 5.75 Å². The number of benzene rings is 2. The molecule has 0 saturated carbocycles. The molecule has 0 aliphatic rings. The van der Waals surface area contributed by atoms with E-state index in [2.05, 4.69) is 23.8 Å². The van der Waals surface area contributed by atoms with Crippen molar-refractivity contribution < 1.29 is 93.3 Å². The van der Waals surface area contributed by atoms with Gasteiger partial charge in [0, 0.05) is 37.7 Å². The fourth-order valence-corrected chi connectivity index (χ4v) is 10.9. The molecule has 2 rings (SSSR count). The van der Waals surface area contributed by atoms with Gasteiger partial charge in [-0.3, -0.25) is 0 Å². The van der Waals surface area contributed by atoms with Gasteiger partial charge in [-0.1, -0.05) is 88.9 Å². The number of carbonyl (C=O) groups is 1. The van der Waals surface area contributed by atoms with E-state index < -0.39 is 98.2 Å². The summed E-state index contributed by atoms with van der Waals surface area (Å²) in [6.07, 6.45) is -8.05. The van der Waals surface area contributed by atoms with E-state index in [1.165, 1.54) is 33.8 Å². The van der Waals surface area contributed by atoms with Crippen molar-refractivity contribution in [2.75, 3.05) is 13.2 Å². The number of alkyl halides is 17. The van der Waals surface area contributed by atoms with Gasteiger partial charge in [-0.2, -0.15) is 74.6 Å². The number of ether oxygens (including phenoxy) is 2. The Morgan fingerprint density at radius 3 is 1.72 bits per heavy atom. The van der Waals surface area contributed by atoms with Crippen LogP contribution >= 0.6 is 0 Å². The molecule has 0 aromatic heterocycles. The predicted molar refractivity (Wildman–Crippen MR) is 203 cm³/mol. The highest BCUT2D eigenvalue weighted by molar-refractivity contribution is 6.76. The van der Waals surface area contributed by atoms with Crippen molar-refractivity contribution in [1.82, 2.24) is 10.6 Å². The molecule has 364 valence electrons. The third kappa shape index (κ3) is 11.7. The molecule has 0 aliphatic carbocycles. The minimum atomic E-state index is -8.69. The number of alkyl carbamates (subject to hydrolysis) is 1. The molecule has 0 heterocycles. The van der Waals surface area contributed by atoms with Crippen LogP contribution in [0.3, 0.4) is 0 Å². The Morgan fingerprint density at radius 2 is 1.20 bits per heavy atom. The zero-order valence-corrected chi connectivity index (χ0v) is 35.6. The van der Waals surface area contributed by atoms with Crippen LogP contribution in [0.1, 0.15) is 57.2 Å². The van der Waals surface area contributed by atoms with Crippen LogP contribution in [-0.4, -0.2) is 81.3 Å². The first kappa shape index (κ1) is 56.1. The fourth-order valence-electron chi connectivity index (χ4n) is 6.42. The first-order valence-corrected chi connectivity index (χ1v) is 21.4. The molecule has 0 spiro atoms. The lowest BCUT2D eigenvalue weighted by molar-refractivity contribution is -0.461. The summed E-state index contributed by atoms with van der Waals surface area (Å²) in [5, 5.41) is 5.70. The van der Waals surface area contributed by atoms with E-state index in [1.54, 1.807) is 54.6 Å². The molecule has 0 bridgehead atoms. The van der Waals surface area contributed by atoms with E-state index in [9.17, 15) is 70.7 Å². The monoisotopic (exact) mass is 970 g/mol. The van der Waals surface area contributed by atoms with Crippen molar-refractivity contribution in [3.05, 3.63) is 90.5 Å². The molecule has 2 aromatic carbocycles. The number of halogens is 17. The first-order chi connectivity index (χ1) is 29.1. The van der Waals surface area contributed by atoms with Gasteiger partial charge in [-0.15, -0.1) is 6.58 Å². The molecule has 1 atom stereocenters. The van der Waals surface area contributed by atoms with Gasteiger partial charge in [0.05, 0.1) is 0 Å². The first-order valence-electron chi connectivity index (χ1n) is 19.1. The van der Waals surface area contributed by atoms with Crippen molar-refractivity contribution in [1.29, 1.82) is 0 Å². The Kier molecular flexibility index (Phi) is 18.4. The quantitative estimate of drug-likeness (QED) is 0.0558.